The van der Waals surface area contributed by atoms with Crippen LogP contribution in [0.25, 0.3) is 0 Å². The van der Waals surface area contributed by atoms with Gasteiger partial charge in [-0.1, -0.05) is 41.5 Å². The Bertz CT molecular complexity index is 282. The van der Waals surface area contributed by atoms with Crippen LogP contribution in [0, 0.1) is 10.8 Å². The van der Waals surface area contributed by atoms with Gasteiger partial charge in [0.15, 0.2) is 0 Å². The number of rotatable bonds is 2. The molecule has 1 nitrogen and oxygen atoms in total. The van der Waals surface area contributed by atoms with Crippen LogP contribution in [-0.2, 0) is 12.8 Å². The third kappa shape index (κ3) is 5.31. The summed E-state index contributed by atoms with van der Waals surface area (Å²) in [7, 11) is 0. The summed E-state index contributed by atoms with van der Waals surface area (Å²) in [5.41, 5.74) is 1.94. The second-order valence-corrected chi connectivity index (χ2v) is 7.65. The molecule has 0 unspecified atom stereocenters. The second-order valence-electron chi connectivity index (χ2n) is 6.71. The first-order chi connectivity index (χ1) is 6.66. The highest BCUT2D eigenvalue weighted by Gasteiger charge is 2.17. The lowest BCUT2D eigenvalue weighted by molar-refractivity contribution is 0.400. The molecule has 1 heterocycles. The van der Waals surface area contributed by atoms with E-state index in [4.69, 9.17) is 4.98 Å². The van der Waals surface area contributed by atoms with E-state index in [2.05, 4.69) is 46.9 Å². The number of hydrogen-bond donors (Lipinski definition) is 0. The summed E-state index contributed by atoms with van der Waals surface area (Å²) in [4.78, 5) is 4.70. The fourth-order valence-electron chi connectivity index (χ4n) is 1.51. The molecule has 0 aliphatic carbocycles. The SMILES string of the molecule is CC(C)(C)Cc1csc(CC(C)(C)C)n1. The zero-order chi connectivity index (χ0) is 11.7. The van der Waals surface area contributed by atoms with Gasteiger partial charge in [0.2, 0.25) is 0 Å². The Morgan fingerprint density at radius 1 is 1.00 bits per heavy atom. The van der Waals surface area contributed by atoms with Gasteiger partial charge < -0.3 is 0 Å². The summed E-state index contributed by atoms with van der Waals surface area (Å²) in [6.07, 6.45) is 2.16. The van der Waals surface area contributed by atoms with E-state index in [0.717, 1.165) is 12.8 Å². The number of nitrogens with zero attached hydrogens (tertiary/aromatic N) is 1. The van der Waals surface area contributed by atoms with Crippen LogP contribution in [0.4, 0.5) is 0 Å². The maximum absolute atomic E-state index is 4.70. The van der Waals surface area contributed by atoms with Gasteiger partial charge in [0.25, 0.3) is 0 Å². The van der Waals surface area contributed by atoms with Gasteiger partial charge in [0, 0.05) is 11.8 Å². The Kier molecular flexibility index (Phi) is 3.59. The Morgan fingerprint density at radius 3 is 2.00 bits per heavy atom. The normalized spacial score (nSPS) is 13.2. The molecular weight excluding hydrogens is 202 g/mol. The average Bonchev–Trinajstić information content (AvgIpc) is 2.28. The molecule has 1 aromatic heterocycles. The molecule has 2 heteroatoms. The van der Waals surface area contributed by atoms with E-state index in [-0.39, 0.29) is 0 Å². The molecule has 0 aromatic carbocycles. The van der Waals surface area contributed by atoms with Crippen molar-refractivity contribution in [1.82, 2.24) is 4.98 Å². The lowest BCUT2D eigenvalue weighted by atomic mass is 9.91. The predicted octanol–water partition coefficient (Wildman–Crippen LogP) is 4.32. The molecular formula is C13H23NS. The molecule has 0 radical (unpaired) electrons. The predicted molar refractivity (Wildman–Crippen MR) is 68.4 cm³/mol. The van der Waals surface area contributed by atoms with Crippen molar-refractivity contribution in [2.45, 2.75) is 54.4 Å². The molecule has 0 fully saturated rings. The Labute approximate surface area is 97.9 Å². The smallest absolute Gasteiger partial charge is 0.0933 e. The molecule has 86 valence electrons. The van der Waals surface area contributed by atoms with E-state index in [1.807, 2.05) is 0 Å². The molecule has 0 N–H and O–H groups in total. The molecule has 1 aromatic rings. The van der Waals surface area contributed by atoms with Crippen LogP contribution in [0.2, 0.25) is 0 Å². The summed E-state index contributed by atoms with van der Waals surface area (Å²) in [5.74, 6) is 0. The van der Waals surface area contributed by atoms with E-state index >= 15 is 0 Å². The van der Waals surface area contributed by atoms with Gasteiger partial charge >= 0.3 is 0 Å². The van der Waals surface area contributed by atoms with E-state index in [1.165, 1.54) is 10.7 Å². The van der Waals surface area contributed by atoms with Crippen LogP contribution in [0.5, 0.6) is 0 Å². The topological polar surface area (TPSA) is 12.9 Å². The zero-order valence-corrected chi connectivity index (χ0v) is 11.7. The van der Waals surface area contributed by atoms with Crippen LogP contribution in [0.1, 0.15) is 52.2 Å². The summed E-state index contributed by atoms with van der Waals surface area (Å²) in [6.45, 7) is 13.6. The Hall–Kier alpha value is -0.370. The third-order valence-corrected chi connectivity index (χ3v) is 2.89. The summed E-state index contributed by atoms with van der Waals surface area (Å²) in [5, 5.41) is 3.49. The lowest BCUT2D eigenvalue weighted by Gasteiger charge is -2.16. The van der Waals surface area contributed by atoms with Gasteiger partial charge in [-0.2, -0.15) is 0 Å². The molecule has 0 saturated heterocycles. The van der Waals surface area contributed by atoms with Gasteiger partial charge in [-0.3, -0.25) is 0 Å². The molecule has 15 heavy (non-hydrogen) atoms. The summed E-state index contributed by atoms with van der Waals surface area (Å²) < 4.78 is 0. The first kappa shape index (κ1) is 12.7. The van der Waals surface area contributed by atoms with Crippen LogP contribution >= 0.6 is 11.3 Å². The molecule has 0 saturated carbocycles. The van der Waals surface area contributed by atoms with Gasteiger partial charge in [-0.15, -0.1) is 11.3 Å². The largest absolute Gasteiger partial charge is 0.246 e. The number of aromatic nitrogens is 1. The summed E-state index contributed by atoms with van der Waals surface area (Å²) >= 11 is 1.81. The van der Waals surface area contributed by atoms with Crippen molar-refractivity contribution in [3.8, 4) is 0 Å². The van der Waals surface area contributed by atoms with E-state index in [1.54, 1.807) is 11.3 Å². The van der Waals surface area contributed by atoms with Gasteiger partial charge in [-0.05, 0) is 17.3 Å². The minimum atomic E-state index is 0.340. The maximum Gasteiger partial charge on any atom is 0.0933 e. The van der Waals surface area contributed by atoms with Crippen molar-refractivity contribution in [1.29, 1.82) is 0 Å². The van der Waals surface area contributed by atoms with Crippen LogP contribution < -0.4 is 0 Å². The van der Waals surface area contributed by atoms with Crippen molar-refractivity contribution in [3.63, 3.8) is 0 Å². The number of hydrogen-bond acceptors (Lipinski definition) is 2. The van der Waals surface area contributed by atoms with Crippen molar-refractivity contribution in [2.75, 3.05) is 0 Å². The van der Waals surface area contributed by atoms with Crippen molar-refractivity contribution < 1.29 is 0 Å². The molecule has 1 rings (SSSR count). The van der Waals surface area contributed by atoms with Crippen LogP contribution in [-0.4, -0.2) is 4.98 Å². The zero-order valence-electron chi connectivity index (χ0n) is 10.8. The quantitative estimate of drug-likeness (QED) is 0.730. The highest BCUT2D eigenvalue weighted by atomic mass is 32.1. The Balaban J connectivity index is 2.65. The highest BCUT2D eigenvalue weighted by molar-refractivity contribution is 7.09. The van der Waals surface area contributed by atoms with Crippen LogP contribution in [0.3, 0.4) is 0 Å². The van der Waals surface area contributed by atoms with E-state index < -0.39 is 0 Å². The molecule has 0 bridgehead atoms. The monoisotopic (exact) mass is 225 g/mol. The van der Waals surface area contributed by atoms with Gasteiger partial charge in [0.05, 0.1) is 10.7 Å². The fraction of sp³-hybridized carbons (Fsp3) is 0.769. The standard InChI is InChI=1S/C13H23NS/c1-12(2,3)7-10-9-15-11(14-10)8-13(4,5)6/h9H,7-8H2,1-6H3. The molecule has 0 aliphatic rings. The fourth-order valence-corrected chi connectivity index (χ4v) is 2.60. The highest BCUT2D eigenvalue weighted by Crippen LogP contribution is 2.26. The molecule has 0 atom stereocenters. The van der Waals surface area contributed by atoms with Crippen molar-refractivity contribution in [3.05, 3.63) is 16.1 Å². The van der Waals surface area contributed by atoms with Crippen molar-refractivity contribution >= 4 is 11.3 Å². The molecule has 0 amide bonds. The van der Waals surface area contributed by atoms with E-state index in [0.29, 0.717) is 10.8 Å². The van der Waals surface area contributed by atoms with Gasteiger partial charge in [-0.25, -0.2) is 4.98 Å². The number of thiazole rings is 1. The summed E-state index contributed by atoms with van der Waals surface area (Å²) in [6, 6.07) is 0. The van der Waals surface area contributed by atoms with Crippen molar-refractivity contribution in [2.24, 2.45) is 10.8 Å². The minimum absolute atomic E-state index is 0.340. The lowest BCUT2D eigenvalue weighted by Crippen LogP contribution is -2.11. The molecule has 0 aliphatic heterocycles. The molecule has 0 spiro atoms. The maximum atomic E-state index is 4.70. The second kappa shape index (κ2) is 4.25. The third-order valence-electron chi connectivity index (χ3n) is 1.99. The van der Waals surface area contributed by atoms with Gasteiger partial charge in [0.1, 0.15) is 0 Å². The van der Waals surface area contributed by atoms with E-state index in [9.17, 15) is 0 Å². The first-order valence-corrected chi connectivity index (χ1v) is 6.47. The minimum Gasteiger partial charge on any atom is -0.246 e. The van der Waals surface area contributed by atoms with Crippen LogP contribution in [0.15, 0.2) is 5.38 Å². The average molecular weight is 225 g/mol. The first-order valence-electron chi connectivity index (χ1n) is 5.59. The Morgan fingerprint density at radius 2 is 1.53 bits per heavy atom.